The van der Waals surface area contributed by atoms with E-state index in [-0.39, 0.29) is 11.1 Å². The Balaban J connectivity index is 1.93. The van der Waals surface area contributed by atoms with Crippen molar-refractivity contribution in [1.29, 1.82) is 5.26 Å². The molecule has 0 spiro atoms. The standard InChI is InChI=1S/C22H17N3O3/c1-15-6-2-3-10-20(15)24-21(26)17(14-23)13-19-9-5-11-25(19)18-8-4-7-16(12-18)22(27)28/h2-13H,1H3,(H,24,26)(H,27,28)/p-1/b17-13+. The van der Waals surface area contributed by atoms with Gasteiger partial charge in [-0.1, -0.05) is 30.3 Å². The topological polar surface area (TPSA) is 98.0 Å². The van der Waals surface area contributed by atoms with Crippen LogP contribution in [0, 0.1) is 18.3 Å². The molecule has 0 bridgehead atoms. The van der Waals surface area contributed by atoms with Gasteiger partial charge in [-0.25, -0.2) is 0 Å². The third-order valence-electron chi connectivity index (χ3n) is 4.19. The molecule has 0 aliphatic heterocycles. The minimum atomic E-state index is -1.28. The van der Waals surface area contributed by atoms with Gasteiger partial charge in [-0.05, 0) is 54.5 Å². The number of carbonyl (C=O) groups is 2. The molecule has 1 heterocycles. The molecular weight excluding hydrogens is 354 g/mol. The number of aromatic carboxylic acids is 1. The van der Waals surface area contributed by atoms with Crippen molar-refractivity contribution >= 4 is 23.6 Å². The molecule has 0 aliphatic rings. The van der Waals surface area contributed by atoms with Crippen molar-refractivity contribution in [1.82, 2.24) is 4.57 Å². The lowest BCUT2D eigenvalue weighted by Gasteiger charge is -2.10. The average Bonchev–Trinajstić information content (AvgIpc) is 3.16. The van der Waals surface area contributed by atoms with Crippen molar-refractivity contribution in [3.63, 3.8) is 0 Å². The molecule has 0 atom stereocenters. The van der Waals surface area contributed by atoms with Crippen LogP contribution in [0.5, 0.6) is 0 Å². The number of aromatic nitrogens is 1. The van der Waals surface area contributed by atoms with Crippen molar-refractivity contribution < 1.29 is 14.7 Å². The fourth-order valence-electron chi connectivity index (χ4n) is 2.73. The van der Waals surface area contributed by atoms with Gasteiger partial charge in [0.2, 0.25) is 0 Å². The lowest BCUT2D eigenvalue weighted by Crippen LogP contribution is -2.22. The Labute approximate surface area is 162 Å². The molecule has 28 heavy (non-hydrogen) atoms. The van der Waals surface area contributed by atoms with Crippen LogP contribution in [-0.4, -0.2) is 16.4 Å². The summed E-state index contributed by atoms with van der Waals surface area (Å²) in [6, 6.07) is 18.9. The number of anilines is 1. The number of hydrogen-bond acceptors (Lipinski definition) is 4. The molecule has 0 saturated heterocycles. The van der Waals surface area contributed by atoms with Crippen molar-refractivity contribution in [2.45, 2.75) is 6.92 Å². The SMILES string of the molecule is Cc1ccccc1NC(=O)/C(C#N)=C/c1cccn1-c1cccc(C(=O)[O-])c1. The molecule has 6 nitrogen and oxygen atoms in total. The Kier molecular flexibility index (Phi) is 5.38. The number of carboxylic acids is 1. The zero-order chi connectivity index (χ0) is 20.1. The summed E-state index contributed by atoms with van der Waals surface area (Å²) >= 11 is 0. The van der Waals surface area contributed by atoms with Crippen molar-refractivity contribution in [2.75, 3.05) is 5.32 Å². The molecule has 138 valence electrons. The van der Waals surface area contributed by atoms with E-state index in [9.17, 15) is 20.0 Å². The van der Waals surface area contributed by atoms with E-state index in [4.69, 9.17) is 0 Å². The third-order valence-corrected chi connectivity index (χ3v) is 4.19. The molecular formula is C22H16N3O3-. The zero-order valence-corrected chi connectivity index (χ0v) is 15.0. The fraction of sp³-hybridized carbons (Fsp3) is 0.0455. The predicted octanol–water partition coefficient (Wildman–Crippen LogP) is 2.69. The first kappa shape index (κ1) is 18.7. The van der Waals surface area contributed by atoms with Gasteiger partial charge in [0.15, 0.2) is 0 Å². The number of aryl methyl sites for hydroxylation is 1. The summed E-state index contributed by atoms with van der Waals surface area (Å²) in [6.07, 6.45) is 3.17. The second kappa shape index (κ2) is 8.06. The van der Waals surface area contributed by atoms with E-state index in [1.54, 1.807) is 47.2 Å². The maximum absolute atomic E-state index is 12.5. The number of hydrogen-bond donors (Lipinski definition) is 1. The molecule has 0 fully saturated rings. The lowest BCUT2D eigenvalue weighted by molar-refractivity contribution is -0.255. The molecule has 3 rings (SSSR count). The highest BCUT2D eigenvalue weighted by Gasteiger charge is 2.12. The summed E-state index contributed by atoms with van der Waals surface area (Å²) in [5.41, 5.74) is 2.63. The van der Waals surface area contributed by atoms with Crippen LogP contribution in [0.15, 0.2) is 72.4 Å². The number of nitriles is 1. The molecule has 0 unspecified atom stereocenters. The Hall–Kier alpha value is -4.11. The van der Waals surface area contributed by atoms with Crippen LogP contribution in [0.4, 0.5) is 5.69 Å². The second-order valence-corrected chi connectivity index (χ2v) is 6.08. The van der Waals surface area contributed by atoms with Gasteiger partial charge >= 0.3 is 0 Å². The highest BCUT2D eigenvalue weighted by Crippen LogP contribution is 2.19. The summed E-state index contributed by atoms with van der Waals surface area (Å²) in [6.45, 7) is 1.86. The van der Waals surface area contributed by atoms with Crippen LogP contribution in [0.25, 0.3) is 11.8 Å². The Bertz CT molecular complexity index is 1120. The monoisotopic (exact) mass is 370 g/mol. The van der Waals surface area contributed by atoms with Gasteiger partial charge in [0, 0.05) is 23.3 Å². The number of nitrogens with zero attached hydrogens (tertiary/aromatic N) is 2. The predicted molar refractivity (Wildman–Crippen MR) is 103 cm³/mol. The first-order chi connectivity index (χ1) is 13.5. The van der Waals surface area contributed by atoms with Crippen LogP contribution in [0.1, 0.15) is 21.6 Å². The lowest BCUT2D eigenvalue weighted by atomic mass is 10.1. The first-order valence-corrected chi connectivity index (χ1v) is 8.47. The quantitative estimate of drug-likeness (QED) is 0.551. The minimum Gasteiger partial charge on any atom is -0.545 e. The molecule has 6 heteroatoms. The molecule has 1 N–H and O–H groups in total. The van der Waals surface area contributed by atoms with Crippen LogP contribution in [0.2, 0.25) is 0 Å². The van der Waals surface area contributed by atoms with Crippen LogP contribution >= 0.6 is 0 Å². The van der Waals surface area contributed by atoms with Crippen molar-refractivity contribution in [3.05, 3.63) is 89.3 Å². The van der Waals surface area contributed by atoms with E-state index in [1.165, 1.54) is 18.2 Å². The van der Waals surface area contributed by atoms with E-state index in [1.807, 2.05) is 25.1 Å². The van der Waals surface area contributed by atoms with Gasteiger partial charge in [-0.2, -0.15) is 5.26 Å². The zero-order valence-electron chi connectivity index (χ0n) is 15.0. The molecule has 2 aromatic carbocycles. The number of amides is 1. The van der Waals surface area contributed by atoms with Gasteiger partial charge in [-0.15, -0.1) is 0 Å². The van der Waals surface area contributed by atoms with Gasteiger partial charge in [0.1, 0.15) is 11.6 Å². The fourth-order valence-corrected chi connectivity index (χ4v) is 2.73. The van der Waals surface area contributed by atoms with E-state index in [0.717, 1.165) is 5.56 Å². The van der Waals surface area contributed by atoms with Crippen molar-refractivity contribution in [2.24, 2.45) is 0 Å². The average molecular weight is 370 g/mol. The molecule has 0 aliphatic carbocycles. The molecule has 1 aromatic heterocycles. The maximum Gasteiger partial charge on any atom is 0.266 e. The molecule has 3 aromatic rings. The number of para-hydroxylation sites is 1. The number of carbonyl (C=O) groups excluding carboxylic acids is 2. The molecule has 1 amide bonds. The number of rotatable bonds is 5. The van der Waals surface area contributed by atoms with E-state index < -0.39 is 11.9 Å². The van der Waals surface area contributed by atoms with E-state index >= 15 is 0 Å². The van der Waals surface area contributed by atoms with Gasteiger partial charge in [0.05, 0.1) is 5.97 Å². The summed E-state index contributed by atoms with van der Waals surface area (Å²) in [5, 5.41) is 23.3. The summed E-state index contributed by atoms with van der Waals surface area (Å²) < 4.78 is 1.69. The normalized spacial score (nSPS) is 10.9. The smallest absolute Gasteiger partial charge is 0.266 e. The molecule has 0 radical (unpaired) electrons. The Morgan fingerprint density at radius 1 is 1.11 bits per heavy atom. The second-order valence-electron chi connectivity index (χ2n) is 6.08. The van der Waals surface area contributed by atoms with Crippen LogP contribution in [-0.2, 0) is 4.79 Å². The van der Waals surface area contributed by atoms with Gasteiger partial charge < -0.3 is 19.8 Å². The third kappa shape index (κ3) is 4.00. The molecule has 0 saturated carbocycles. The van der Waals surface area contributed by atoms with Gasteiger partial charge in [0.25, 0.3) is 5.91 Å². The van der Waals surface area contributed by atoms with Gasteiger partial charge in [-0.3, -0.25) is 4.79 Å². The Morgan fingerprint density at radius 2 is 1.89 bits per heavy atom. The summed E-state index contributed by atoms with van der Waals surface area (Å²) in [5.74, 6) is -1.80. The Morgan fingerprint density at radius 3 is 2.61 bits per heavy atom. The highest BCUT2D eigenvalue weighted by molar-refractivity contribution is 6.09. The summed E-state index contributed by atoms with van der Waals surface area (Å²) in [4.78, 5) is 23.6. The number of carboxylic acid groups (broad SMARTS) is 1. The minimum absolute atomic E-state index is 0.0407. The highest BCUT2D eigenvalue weighted by atomic mass is 16.4. The van der Waals surface area contributed by atoms with E-state index in [2.05, 4.69) is 5.32 Å². The van der Waals surface area contributed by atoms with Crippen molar-refractivity contribution in [3.8, 4) is 11.8 Å². The number of nitrogens with one attached hydrogen (secondary N) is 1. The first-order valence-electron chi connectivity index (χ1n) is 8.47. The van der Waals surface area contributed by atoms with E-state index in [0.29, 0.717) is 17.1 Å². The number of benzene rings is 2. The van der Waals surface area contributed by atoms with Crippen LogP contribution < -0.4 is 10.4 Å². The summed E-state index contributed by atoms with van der Waals surface area (Å²) in [7, 11) is 0. The largest absolute Gasteiger partial charge is 0.545 e. The van der Waals surface area contributed by atoms with Crippen LogP contribution in [0.3, 0.4) is 0 Å². The maximum atomic E-state index is 12.5.